The van der Waals surface area contributed by atoms with E-state index in [2.05, 4.69) is 20.4 Å². The lowest BCUT2D eigenvalue weighted by Gasteiger charge is -2.08. The lowest BCUT2D eigenvalue weighted by Crippen LogP contribution is -2.20. The van der Waals surface area contributed by atoms with Crippen molar-refractivity contribution in [3.63, 3.8) is 0 Å². The van der Waals surface area contributed by atoms with Gasteiger partial charge in [-0.05, 0) is 50.5 Å². The molecule has 166 valence electrons. The van der Waals surface area contributed by atoms with E-state index in [1.807, 2.05) is 12.1 Å². The number of hydrogen-bond donors (Lipinski definition) is 2. The Bertz CT molecular complexity index is 1250. The molecular formula is C23H25N5O4. The lowest BCUT2D eigenvalue weighted by atomic mass is 10.2. The highest BCUT2D eigenvalue weighted by atomic mass is 16.5. The van der Waals surface area contributed by atoms with Gasteiger partial charge in [-0.15, -0.1) is 0 Å². The van der Waals surface area contributed by atoms with Gasteiger partial charge < -0.3 is 14.8 Å². The minimum atomic E-state index is -0.338. The number of nitrogens with one attached hydrogen (secondary N) is 2. The van der Waals surface area contributed by atoms with Gasteiger partial charge >= 0.3 is 0 Å². The number of H-pyrrole nitrogens is 1. The van der Waals surface area contributed by atoms with E-state index >= 15 is 0 Å². The first-order chi connectivity index (χ1) is 15.4. The molecule has 1 fully saturated rings. The molecule has 1 amide bonds. The molecule has 3 aromatic rings. The zero-order valence-corrected chi connectivity index (χ0v) is 18.4. The third-order valence-electron chi connectivity index (χ3n) is 5.39. The Balaban J connectivity index is 1.59. The molecule has 1 aromatic carbocycles. The van der Waals surface area contributed by atoms with Gasteiger partial charge in [0.2, 0.25) is 11.9 Å². The van der Waals surface area contributed by atoms with E-state index in [1.165, 1.54) is 10.8 Å². The third-order valence-corrected chi connectivity index (χ3v) is 5.39. The summed E-state index contributed by atoms with van der Waals surface area (Å²) in [4.78, 5) is 32.0. The zero-order chi connectivity index (χ0) is 22.8. The summed E-state index contributed by atoms with van der Waals surface area (Å²) in [5, 5.41) is 7.43. The molecule has 2 aromatic heterocycles. The van der Waals surface area contributed by atoms with Crippen molar-refractivity contribution in [2.24, 2.45) is 0 Å². The normalized spacial score (nSPS) is 13.4. The van der Waals surface area contributed by atoms with Crippen molar-refractivity contribution in [3.05, 3.63) is 63.2 Å². The van der Waals surface area contributed by atoms with Crippen LogP contribution < -0.4 is 20.3 Å². The van der Waals surface area contributed by atoms with Gasteiger partial charge in [0, 0.05) is 29.3 Å². The quantitative estimate of drug-likeness (QED) is 0.552. The minimum absolute atomic E-state index is 0.235. The number of amides is 1. The first kappa shape index (κ1) is 21.4. The van der Waals surface area contributed by atoms with Gasteiger partial charge in [0.15, 0.2) is 11.5 Å². The highest BCUT2D eigenvalue weighted by molar-refractivity contribution is 6.01. The van der Waals surface area contributed by atoms with Crippen molar-refractivity contribution in [2.45, 2.75) is 32.6 Å². The number of anilines is 1. The summed E-state index contributed by atoms with van der Waals surface area (Å²) in [6.45, 7) is 3.48. The topological polar surface area (TPSA) is 111 Å². The first-order valence-corrected chi connectivity index (χ1v) is 10.3. The van der Waals surface area contributed by atoms with Crippen molar-refractivity contribution < 1.29 is 14.3 Å². The molecule has 1 saturated carbocycles. The van der Waals surface area contributed by atoms with Crippen LogP contribution in [0.2, 0.25) is 0 Å². The predicted molar refractivity (Wildman–Crippen MR) is 121 cm³/mol. The van der Waals surface area contributed by atoms with Crippen molar-refractivity contribution >= 4 is 17.8 Å². The van der Waals surface area contributed by atoms with Crippen LogP contribution in [0, 0.1) is 13.8 Å². The largest absolute Gasteiger partial charge is 0.493 e. The van der Waals surface area contributed by atoms with Crippen LogP contribution in [0.1, 0.15) is 41.3 Å². The first-order valence-electron chi connectivity index (χ1n) is 10.3. The number of nitrogens with zero attached hydrogens (tertiary/aromatic N) is 3. The van der Waals surface area contributed by atoms with Gasteiger partial charge in [-0.25, -0.2) is 4.98 Å². The number of carbonyl (C=O) groups excluding carboxylic acids is 1. The van der Waals surface area contributed by atoms with Crippen LogP contribution in [0.3, 0.4) is 0 Å². The summed E-state index contributed by atoms with van der Waals surface area (Å²) >= 11 is 0. The molecular weight excluding hydrogens is 410 g/mol. The van der Waals surface area contributed by atoms with Crippen LogP contribution in [0.25, 0.3) is 12.0 Å². The van der Waals surface area contributed by atoms with E-state index < -0.39 is 0 Å². The average Bonchev–Trinajstić information content (AvgIpc) is 3.56. The monoisotopic (exact) mass is 435 g/mol. The van der Waals surface area contributed by atoms with Crippen LogP contribution in [-0.4, -0.2) is 39.9 Å². The van der Waals surface area contributed by atoms with Gasteiger partial charge in [-0.3, -0.25) is 14.6 Å². The number of rotatable bonds is 7. The number of carbonyl (C=O) groups is 1. The Hall–Kier alpha value is -3.88. The molecule has 2 N–H and O–H groups in total. The molecule has 9 nitrogen and oxygen atoms in total. The van der Waals surface area contributed by atoms with Gasteiger partial charge in [-0.1, -0.05) is 6.07 Å². The van der Waals surface area contributed by atoms with Gasteiger partial charge in [0.25, 0.3) is 5.56 Å². The molecule has 0 radical (unpaired) electrons. The van der Waals surface area contributed by atoms with E-state index in [0.717, 1.165) is 24.1 Å². The molecule has 0 aliphatic heterocycles. The number of methoxy groups -OCH3 is 2. The molecule has 0 saturated heterocycles. The molecule has 0 unspecified atom stereocenters. The fourth-order valence-electron chi connectivity index (χ4n) is 3.26. The van der Waals surface area contributed by atoms with Gasteiger partial charge in [-0.2, -0.15) is 9.78 Å². The molecule has 1 aliphatic carbocycles. The number of aryl methyl sites for hydroxylation is 1. The fraction of sp³-hybridized carbons (Fsp3) is 0.304. The van der Waals surface area contributed by atoms with E-state index in [0.29, 0.717) is 34.5 Å². The third kappa shape index (κ3) is 4.41. The van der Waals surface area contributed by atoms with Crippen molar-refractivity contribution in [1.82, 2.24) is 19.7 Å². The second-order valence-electron chi connectivity index (χ2n) is 7.68. The SMILES string of the molecule is COc1ccc(/C=C\C(=O)Nc2cc(C3CC3)nn2-c2nc(C)c(C)c(=O)[nH]2)cc1OC. The summed E-state index contributed by atoms with van der Waals surface area (Å²) in [6, 6.07) is 7.20. The van der Waals surface area contributed by atoms with E-state index in [1.54, 1.807) is 46.3 Å². The van der Waals surface area contributed by atoms with Crippen LogP contribution in [-0.2, 0) is 4.79 Å². The standard InChI is InChI=1S/C23H25N5O4/c1-13-14(2)24-23(26-22(13)30)28-20(12-17(27-28)16-7-8-16)25-21(29)10-6-15-5-9-18(31-3)19(11-15)32-4/h5-6,9-12,16H,7-8H2,1-4H3,(H,25,29)(H,24,26,30)/b10-6-. The Morgan fingerprint density at radius 2 is 1.94 bits per heavy atom. The summed E-state index contributed by atoms with van der Waals surface area (Å²) in [5.74, 6) is 1.93. The van der Waals surface area contributed by atoms with Crippen molar-refractivity contribution in [1.29, 1.82) is 0 Å². The Kier molecular flexibility index (Phi) is 5.81. The smallest absolute Gasteiger partial charge is 0.255 e. The molecule has 32 heavy (non-hydrogen) atoms. The van der Waals surface area contributed by atoms with Crippen molar-refractivity contribution in [3.8, 4) is 17.4 Å². The van der Waals surface area contributed by atoms with Crippen LogP contribution in [0.5, 0.6) is 11.5 Å². The van der Waals surface area contributed by atoms with Crippen LogP contribution >= 0.6 is 0 Å². The highest BCUT2D eigenvalue weighted by Gasteiger charge is 2.28. The maximum Gasteiger partial charge on any atom is 0.255 e. The fourth-order valence-corrected chi connectivity index (χ4v) is 3.26. The molecule has 4 rings (SSSR count). The zero-order valence-electron chi connectivity index (χ0n) is 18.4. The summed E-state index contributed by atoms with van der Waals surface area (Å²) in [6.07, 6.45) is 5.21. The maximum absolute atomic E-state index is 12.6. The second-order valence-corrected chi connectivity index (χ2v) is 7.68. The molecule has 0 bridgehead atoms. The van der Waals surface area contributed by atoms with Crippen molar-refractivity contribution in [2.75, 3.05) is 19.5 Å². The summed E-state index contributed by atoms with van der Waals surface area (Å²) in [7, 11) is 3.12. The van der Waals surface area contributed by atoms with E-state index in [-0.39, 0.29) is 17.4 Å². The molecule has 1 aliphatic rings. The Labute approximate surface area is 185 Å². The molecule has 2 heterocycles. The van der Waals surface area contributed by atoms with E-state index in [9.17, 15) is 9.59 Å². The Morgan fingerprint density at radius 3 is 2.59 bits per heavy atom. The molecule has 0 atom stereocenters. The predicted octanol–water partition coefficient (Wildman–Crippen LogP) is 3.12. The number of ether oxygens (including phenoxy) is 2. The number of aromatic amines is 1. The molecule has 9 heteroatoms. The Morgan fingerprint density at radius 1 is 1.19 bits per heavy atom. The average molecular weight is 435 g/mol. The lowest BCUT2D eigenvalue weighted by molar-refractivity contribution is -0.111. The summed E-state index contributed by atoms with van der Waals surface area (Å²) < 4.78 is 12.0. The minimum Gasteiger partial charge on any atom is -0.493 e. The number of aromatic nitrogens is 4. The summed E-state index contributed by atoms with van der Waals surface area (Å²) in [5.41, 5.74) is 2.57. The van der Waals surface area contributed by atoms with E-state index in [4.69, 9.17) is 9.47 Å². The van der Waals surface area contributed by atoms with Crippen LogP contribution in [0.4, 0.5) is 5.82 Å². The molecule has 0 spiro atoms. The number of benzene rings is 1. The number of hydrogen-bond acceptors (Lipinski definition) is 6. The van der Waals surface area contributed by atoms with Crippen LogP contribution in [0.15, 0.2) is 35.1 Å². The highest BCUT2D eigenvalue weighted by Crippen LogP contribution is 2.40. The maximum atomic E-state index is 12.6. The van der Waals surface area contributed by atoms with Gasteiger partial charge in [0.05, 0.1) is 19.9 Å². The second kappa shape index (κ2) is 8.70. The van der Waals surface area contributed by atoms with Gasteiger partial charge in [0.1, 0.15) is 5.82 Å².